The van der Waals surface area contributed by atoms with E-state index < -0.39 is 0 Å². The molecule has 0 aromatic heterocycles. The molecular formula is C10H23NO2. The largest absolute Gasteiger partial charge is 0.380 e. The third-order valence-electron chi connectivity index (χ3n) is 2.08. The maximum atomic E-state index is 5.29. The molecule has 0 aliphatic carbocycles. The highest BCUT2D eigenvalue weighted by molar-refractivity contribution is 4.68. The molecule has 0 aliphatic heterocycles. The van der Waals surface area contributed by atoms with Crippen LogP contribution < -0.4 is 5.32 Å². The first-order valence-electron chi connectivity index (χ1n) is 4.96. The van der Waals surface area contributed by atoms with Crippen molar-refractivity contribution in [1.29, 1.82) is 0 Å². The van der Waals surface area contributed by atoms with Gasteiger partial charge in [-0.1, -0.05) is 0 Å². The van der Waals surface area contributed by atoms with Crippen LogP contribution in [0, 0.1) is 0 Å². The summed E-state index contributed by atoms with van der Waals surface area (Å²) in [5.74, 6) is 0. The van der Waals surface area contributed by atoms with Crippen molar-refractivity contribution in [1.82, 2.24) is 5.32 Å². The van der Waals surface area contributed by atoms with Crippen LogP contribution in [0.1, 0.15) is 27.2 Å². The maximum Gasteiger partial charge on any atom is 0.0634 e. The molecule has 0 heterocycles. The van der Waals surface area contributed by atoms with E-state index in [1.165, 1.54) is 0 Å². The monoisotopic (exact) mass is 189 g/mol. The van der Waals surface area contributed by atoms with Crippen molar-refractivity contribution in [3.63, 3.8) is 0 Å². The van der Waals surface area contributed by atoms with Crippen LogP contribution in [-0.4, -0.2) is 39.0 Å². The Kier molecular flexibility index (Phi) is 7.23. The van der Waals surface area contributed by atoms with Gasteiger partial charge in [0.25, 0.3) is 0 Å². The van der Waals surface area contributed by atoms with Gasteiger partial charge >= 0.3 is 0 Å². The van der Waals surface area contributed by atoms with E-state index in [0.717, 1.165) is 32.7 Å². The summed E-state index contributed by atoms with van der Waals surface area (Å²) >= 11 is 0. The quantitative estimate of drug-likeness (QED) is 0.586. The highest BCUT2D eigenvalue weighted by Crippen LogP contribution is 2.10. The van der Waals surface area contributed by atoms with E-state index in [-0.39, 0.29) is 5.60 Å². The minimum absolute atomic E-state index is 0.0153. The van der Waals surface area contributed by atoms with Crippen molar-refractivity contribution < 1.29 is 9.47 Å². The van der Waals surface area contributed by atoms with Crippen LogP contribution in [0.15, 0.2) is 0 Å². The third kappa shape index (κ3) is 8.22. The molecule has 0 rings (SSSR count). The molecular weight excluding hydrogens is 166 g/mol. The molecule has 13 heavy (non-hydrogen) atoms. The summed E-state index contributed by atoms with van der Waals surface area (Å²) in [4.78, 5) is 0. The van der Waals surface area contributed by atoms with Gasteiger partial charge in [-0.25, -0.2) is 0 Å². The Morgan fingerprint density at radius 1 is 1.23 bits per heavy atom. The second-order valence-corrected chi connectivity index (χ2v) is 3.66. The minimum Gasteiger partial charge on any atom is -0.380 e. The first-order chi connectivity index (χ1) is 6.12. The van der Waals surface area contributed by atoms with E-state index in [2.05, 4.69) is 19.2 Å². The Morgan fingerprint density at radius 2 is 1.92 bits per heavy atom. The van der Waals surface area contributed by atoms with E-state index in [1.807, 2.05) is 6.92 Å². The molecule has 0 aromatic rings. The lowest BCUT2D eigenvalue weighted by Gasteiger charge is -2.22. The molecule has 0 unspecified atom stereocenters. The number of methoxy groups -OCH3 is 1. The summed E-state index contributed by atoms with van der Waals surface area (Å²) in [6.45, 7) is 9.69. The summed E-state index contributed by atoms with van der Waals surface area (Å²) in [6, 6.07) is 0. The maximum absolute atomic E-state index is 5.29. The zero-order chi connectivity index (χ0) is 10.2. The van der Waals surface area contributed by atoms with Gasteiger partial charge in [-0.05, 0) is 33.7 Å². The van der Waals surface area contributed by atoms with Crippen molar-refractivity contribution in [3.8, 4) is 0 Å². The van der Waals surface area contributed by atoms with Crippen LogP contribution >= 0.6 is 0 Å². The van der Waals surface area contributed by atoms with Gasteiger partial charge in [0.1, 0.15) is 0 Å². The van der Waals surface area contributed by atoms with Crippen molar-refractivity contribution in [2.24, 2.45) is 0 Å². The Bertz CT molecular complexity index is 115. The second kappa shape index (κ2) is 7.30. The number of ether oxygens (including phenoxy) is 2. The van der Waals surface area contributed by atoms with Crippen LogP contribution in [-0.2, 0) is 9.47 Å². The number of rotatable bonds is 8. The first-order valence-corrected chi connectivity index (χ1v) is 4.96. The van der Waals surface area contributed by atoms with Gasteiger partial charge < -0.3 is 14.8 Å². The van der Waals surface area contributed by atoms with E-state index in [9.17, 15) is 0 Å². The fourth-order valence-electron chi connectivity index (χ4n) is 0.905. The van der Waals surface area contributed by atoms with Gasteiger partial charge in [0.15, 0.2) is 0 Å². The van der Waals surface area contributed by atoms with E-state index >= 15 is 0 Å². The summed E-state index contributed by atoms with van der Waals surface area (Å²) in [7, 11) is 1.75. The van der Waals surface area contributed by atoms with Crippen molar-refractivity contribution in [2.75, 3.05) is 33.4 Å². The van der Waals surface area contributed by atoms with E-state index in [0.29, 0.717) is 0 Å². The third-order valence-corrected chi connectivity index (χ3v) is 2.08. The highest BCUT2D eigenvalue weighted by atomic mass is 16.5. The van der Waals surface area contributed by atoms with Crippen LogP contribution in [0.25, 0.3) is 0 Å². The lowest BCUT2D eigenvalue weighted by atomic mass is 10.1. The normalized spacial score (nSPS) is 12.0. The topological polar surface area (TPSA) is 30.5 Å². The lowest BCUT2D eigenvalue weighted by Crippen LogP contribution is -2.30. The molecule has 0 saturated carbocycles. The summed E-state index contributed by atoms with van der Waals surface area (Å²) in [5, 5.41) is 3.31. The van der Waals surface area contributed by atoms with Gasteiger partial charge in [-0.15, -0.1) is 0 Å². The predicted octanol–water partition coefficient (Wildman–Crippen LogP) is 1.43. The SMILES string of the molecule is CCOCCNCCC(C)(C)OC. The molecule has 0 saturated heterocycles. The van der Waals surface area contributed by atoms with E-state index in [4.69, 9.17) is 9.47 Å². The van der Waals surface area contributed by atoms with Crippen molar-refractivity contribution in [2.45, 2.75) is 32.8 Å². The van der Waals surface area contributed by atoms with Gasteiger partial charge in [-0.3, -0.25) is 0 Å². The fourth-order valence-corrected chi connectivity index (χ4v) is 0.905. The Morgan fingerprint density at radius 3 is 2.46 bits per heavy atom. The molecule has 0 aliphatic rings. The molecule has 80 valence electrons. The second-order valence-electron chi connectivity index (χ2n) is 3.66. The number of nitrogens with one attached hydrogen (secondary N) is 1. The molecule has 0 spiro atoms. The molecule has 3 nitrogen and oxygen atoms in total. The Hall–Kier alpha value is -0.120. The molecule has 0 radical (unpaired) electrons. The number of hydrogen-bond acceptors (Lipinski definition) is 3. The molecule has 0 fully saturated rings. The highest BCUT2D eigenvalue weighted by Gasteiger charge is 2.14. The van der Waals surface area contributed by atoms with Crippen LogP contribution in [0.4, 0.5) is 0 Å². The fraction of sp³-hybridized carbons (Fsp3) is 1.00. The molecule has 3 heteroatoms. The van der Waals surface area contributed by atoms with Crippen molar-refractivity contribution in [3.05, 3.63) is 0 Å². The molecule has 0 atom stereocenters. The van der Waals surface area contributed by atoms with Gasteiger partial charge in [-0.2, -0.15) is 0 Å². The van der Waals surface area contributed by atoms with E-state index in [1.54, 1.807) is 7.11 Å². The summed E-state index contributed by atoms with van der Waals surface area (Å²) < 4.78 is 10.5. The zero-order valence-corrected chi connectivity index (χ0v) is 9.35. The standard InChI is InChI=1S/C10H23NO2/c1-5-13-9-8-11-7-6-10(2,3)12-4/h11H,5-9H2,1-4H3. The molecule has 0 amide bonds. The molecule has 0 bridgehead atoms. The number of hydrogen-bond donors (Lipinski definition) is 1. The van der Waals surface area contributed by atoms with Crippen LogP contribution in [0.3, 0.4) is 0 Å². The lowest BCUT2D eigenvalue weighted by molar-refractivity contribution is 0.0155. The van der Waals surface area contributed by atoms with Crippen LogP contribution in [0.2, 0.25) is 0 Å². The average molecular weight is 189 g/mol. The van der Waals surface area contributed by atoms with Crippen LogP contribution in [0.5, 0.6) is 0 Å². The minimum atomic E-state index is -0.0153. The molecule has 1 N–H and O–H groups in total. The Labute approximate surface area is 81.8 Å². The summed E-state index contributed by atoms with van der Waals surface area (Å²) in [6.07, 6.45) is 1.02. The van der Waals surface area contributed by atoms with Gasteiger partial charge in [0.05, 0.1) is 12.2 Å². The zero-order valence-electron chi connectivity index (χ0n) is 9.35. The Balaban J connectivity index is 3.16. The van der Waals surface area contributed by atoms with Crippen molar-refractivity contribution >= 4 is 0 Å². The predicted molar refractivity (Wildman–Crippen MR) is 55.1 cm³/mol. The average Bonchev–Trinajstić information content (AvgIpc) is 2.11. The smallest absolute Gasteiger partial charge is 0.0634 e. The summed E-state index contributed by atoms with van der Waals surface area (Å²) in [5.41, 5.74) is -0.0153. The van der Waals surface area contributed by atoms with Gasteiger partial charge in [0.2, 0.25) is 0 Å². The molecule has 0 aromatic carbocycles. The van der Waals surface area contributed by atoms with Gasteiger partial charge in [0, 0.05) is 20.3 Å². The first kappa shape index (κ1) is 12.9.